The molecule has 0 aliphatic heterocycles. The minimum absolute atomic E-state index is 0. The maximum absolute atomic E-state index is 11.2. The van der Waals surface area contributed by atoms with E-state index in [-0.39, 0.29) is 36.5 Å². The Kier molecular flexibility index (Phi) is 81.6. The van der Waals surface area contributed by atoms with Crippen molar-refractivity contribution < 1.29 is 39.9 Å². The van der Waals surface area contributed by atoms with E-state index in [4.69, 9.17) is 13.0 Å². The predicted octanol–water partition coefficient (Wildman–Crippen LogP) is 5.36. The highest BCUT2D eigenvalue weighted by molar-refractivity contribution is 7.80. The lowest BCUT2D eigenvalue weighted by atomic mass is 10.4. The first-order valence-corrected chi connectivity index (χ1v) is 7.36. The van der Waals surface area contributed by atoms with Gasteiger partial charge in [-0.1, -0.05) is 80.0 Å². The fourth-order valence-corrected chi connectivity index (χ4v) is 0.548. The highest BCUT2D eigenvalue weighted by Gasteiger charge is 1.96. The second-order valence-electron chi connectivity index (χ2n) is 2.60. The van der Waals surface area contributed by atoms with Crippen molar-refractivity contribution in [2.75, 3.05) is 27.8 Å². The smallest absolute Gasteiger partial charge is 0.339 e. The van der Waals surface area contributed by atoms with Gasteiger partial charge in [0.25, 0.3) is 10.5 Å². The number of benzene rings is 1. The fourth-order valence-electron chi connectivity index (χ4n) is 0.548. The molecule has 6 nitrogen and oxygen atoms in total. The van der Waals surface area contributed by atoms with Gasteiger partial charge in [0.15, 0.2) is 13.5 Å². The largest absolute Gasteiger partial charge is 0.722 e. The van der Waals surface area contributed by atoms with Crippen LogP contribution < -0.4 is 0 Å². The Morgan fingerprint density at radius 1 is 0.926 bits per heavy atom. The van der Waals surface area contributed by atoms with Crippen LogP contribution in [0.4, 0.5) is 12.7 Å². The third-order valence-electron chi connectivity index (χ3n) is 1.11. The first-order chi connectivity index (χ1) is 10.8. The first kappa shape index (κ1) is 49.9. The fraction of sp³-hybridized carbons (Fsp3) is 0.588. The standard InChI is InChI=1S/C6H6.C4H7FO3.C2H6.CH3F.4CH4.FHO3S/c1-2-4-6-5-3-1;1-7-3-8-4(6)2-5;2*1-2;;;;;1-5(2,3)4/h1-6H;2-3H2,1H3;1-2H3;1H3;4*1H4;(H,2,3,4)/p-1. The van der Waals surface area contributed by atoms with Crippen molar-refractivity contribution in [2.45, 2.75) is 43.6 Å². The lowest BCUT2D eigenvalue weighted by molar-refractivity contribution is -0.154. The molecular formula is C17H38F3O6S-. The van der Waals surface area contributed by atoms with Crippen LogP contribution >= 0.6 is 0 Å². The van der Waals surface area contributed by atoms with E-state index in [0.29, 0.717) is 7.18 Å². The quantitative estimate of drug-likeness (QED) is 0.279. The third-order valence-corrected chi connectivity index (χ3v) is 1.11. The van der Waals surface area contributed by atoms with Crippen molar-refractivity contribution in [3.63, 3.8) is 0 Å². The molecule has 10 heteroatoms. The predicted molar refractivity (Wildman–Crippen MR) is 106 cm³/mol. The molecule has 0 saturated heterocycles. The molecule has 1 rings (SSSR count). The molecule has 0 unspecified atom stereocenters. The number of rotatable bonds is 3. The van der Waals surface area contributed by atoms with E-state index in [1.165, 1.54) is 7.11 Å². The van der Waals surface area contributed by atoms with Crippen LogP contribution in [0.2, 0.25) is 0 Å². The zero-order valence-corrected chi connectivity index (χ0v) is 14.2. The lowest BCUT2D eigenvalue weighted by Crippen LogP contribution is -2.07. The molecule has 0 radical (unpaired) electrons. The van der Waals surface area contributed by atoms with E-state index >= 15 is 0 Å². The van der Waals surface area contributed by atoms with Gasteiger partial charge in [-0.15, -0.1) is 3.89 Å². The number of carbonyl (C=O) groups is 1. The summed E-state index contributed by atoms with van der Waals surface area (Å²) in [4.78, 5) is 9.89. The first-order valence-electron chi connectivity index (χ1n) is 6.05. The number of methoxy groups -OCH3 is 1. The van der Waals surface area contributed by atoms with E-state index in [0.717, 1.165) is 0 Å². The Labute approximate surface area is 164 Å². The molecule has 0 fully saturated rings. The monoisotopic (exact) mass is 427 g/mol. The summed E-state index contributed by atoms with van der Waals surface area (Å²) >= 11 is 0. The molecule has 0 heterocycles. The molecule has 0 saturated carbocycles. The summed E-state index contributed by atoms with van der Waals surface area (Å²) in [7, 11) is -3.56. The zero-order valence-electron chi connectivity index (χ0n) is 13.4. The molecule has 0 aliphatic rings. The molecule has 27 heavy (non-hydrogen) atoms. The van der Waals surface area contributed by atoms with Gasteiger partial charge in [-0.25, -0.2) is 17.6 Å². The Morgan fingerprint density at radius 2 is 1.15 bits per heavy atom. The van der Waals surface area contributed by atoms with Gasteiger partial charge in [0.05, 0.1) is 7.18 Å². The van der Waals surface area contributed by atoms with Crippen LogP contribution in [0.5, 0.6) is 0 Å². The highest BCUT2D eigenvalue weighted by atomic mass is 32.3. The Balaban J connectivity index is -0.0000000290. The molecule has 1 aromatic rings. The number of ether oxygens (including phenoxy) is 2. The Morgan fingerprint density at radius 3 is 1.30 bits per heavy atom. The second-order valence-corrected chi connectivity index (χ2v) is 3.39. The van der Waals surface area contributed by atoms with E-state index in [2.05, 4.69) is 9.47 Å². The molecule has 0 aromatic heterocycles. The van der Waals surface area contributed by atoms with E-state index in [9.17, 15) is 17.5 Å². The molecule has 0 amide bonds. The summed E-state index contributed by atoms with van der Waals surface area (Å²) in [5.41, 5.74) is 0. The molecule has 0 atom stereocenters. The minimum Gasteiger partial charge on any atom is -0.722 e. The Hall–Kier alpha value is -1.65. The molecular weight excluding hydrogens is 389 g/mol. The van der Waals surface area contributed by atoms with Crippen molar-refractivity contribution in [2.24, 2.45) is 0 Å². The highest BCUT2D eigenvalue weighted by Crippen LogP contribution is 1.80. The molecule has 170 valence electrons. The number of alkyl halides is 2. The summed E-state index contributed by atoms with van der Waals surface area (Å²) in [5.74, 6) is -0.896. The van der Waals surface area contributed by atoms with Crippen LogP contribution in [0, 0.1) is 0 Å². The molecule has 0 spiro atoms. The zero-order chi connectivity index (χ0) is 19.1. The van der Waals surface area contributed by atoms with Gasteiger partial charge >= 0.3 is 5.97 Å². The summed E-state index contributed by atoms with van der Waals surface area (Å²) in [6, 6.07) is 12.0. The van der Waals surface area contributed by atoms with Crippen molar-refractivity contribution in [3.8, 4) is 0 Å². The lowest BCUT2D eigenvalue weighted by Gasteiger charge is -1.96. The van der Waals surface area contributed by atoms with Crippen LogP contribution in [0.3, 0.4) is 0 Å². The average Bonchev–Trinajstić information content (AvgIpc) is 2.57. The van der Waals surface area contributed by atoms with Gasteiger partial charge in [0.1, 0.15) is 0 Å². The van der Waals surface area contributed by atoms with Crippen LogP contribution in [0.1, 0.15) is 43.6 Å². The number of carbonyl (C=O) groups excluding carboxylic acids is 1. The SMILES string of the molecule is C.C.C.C.CC.CF.COCOC(=O)CF.O=S(=O)([O-])F.c1ccccc1. The van der Waals surface area contributed by atoms with Crippen LogP contribution in [-0.2, 0) is 24.8 Å². The van der Waals surface area contributed by atoms with Crippen molar-refractivity contribution in [3.05, 3.63) is 36.4 Å². The van der Waals surface area contributed by atoms with Crippen LogP contribution in [0.15, 0.2) is 36.4 Å². The summed E-state index contributed by atoms with van der Waals surface area (Å²) < 4.78 is 64.4. The van der Waals surface area contributed by atoms with Gasteiger partial charge in [-0.3, -0.25) is 4.39 Å². The van der Waals surface area contributed by atoms with Gasteiger partial charge in [0.2, 0.25) is 0 Å². The summed E-state index contributed by atoms with van der Waals surface area (Å²) in [6.07, 6.45) is 0. The topological polar surface area (TPSA) is 92.7 Å². The number of hydrogen-bond acceptors (Lipinski definition) is 6. The maximum Gasteiger partial charge on any atom is 0.339 e. The minimum atomic E-state index is -5.42. The van der Waals surface area contributed by atoms with Crippen molar-refractivity contribution in [1.29, 1.82) is 0 Å². The van der Waals surface area contributed by atoms with E-state index in [1.807, 2.05) is 50.2 Å². The number of halogens is 3. The maximum atomic E-state index is 11.2. The molecule has 0 aliphatic carbocycles. The van der Waals surface area contributed by atoms with E-state index in [1.54, 1.807) is 0 Å². The molecule has 0 N–H and O–H groups in total. The van der Waals surface area contributed by atoms with Gasteiger partial charge in [-0.2, -0.15) is 0 Å². The van der Waals surface area contributed by atoms with Gasteiger partial charge < -0.3 is 14.0 Å². The second kappa shape index (κ2) is 44.1. The van der Waals surface area contributed by atoms with E-state index < -0.39 is 23.1 Å². The van der Waals surface area contributed by atoms with Gasteiger partial charge in [-0.05, 0) is 0 Å². The Bertz CT molecular complexity index is 383. The third kappa shape index (κ3) is 114. The summed E-state index contributed by atoms with van der Waals surface area (Å²) in [5, 5.41) is 0. The van der Waals surface area contributed by atoms with Crippen molar-refractivity contribution >= 4 is 16.5 Å². The normalized spacial score (nSPS) is 6.96. The number of esters is 1. The number of hydrogen-bond donors (Lipinski definition) is 0. The average molecular weight is 428 g/mol. The van der Waals surface area contributed by atoms with Crippen molar-refractivity contribution in [1.82, 2.24) is 0 Å². The van der Waals surface area contributed by atoms with Crippen LogP contribution in [-0.4, -0.2) is 46.7 Å². The summed E-state index contributed by atoms with van der Waals surface area (Å²) in [6.45, 7) is 2.73. The molecule has 1 aromatic carbocycles. The van der Waals surface area contributed by atoms with Crippen LogP contribution in [0.25, 0.3) is 0 Å². The molecule has 0 bridgehead atoms. The van der Waals surface area contributed by atoms with Gasteiger partial charge in [0, 0.05) is 7.11 Å².